The number of hydrogen-bond acceptors (Lipinski definition) is 4. The Morgan fingerprint density at radius 2 is 2.13 bits per heavy atom. The first kappa shape index (κ1) is 15.4. The van der Waals surface area contributed by atoms with Gasteiger partial charge >= 0.3 is 0 Å². The average molecular weight is 377 g/mol. The number of para-hydroxylation sites is 1. The summed E-state index contributed by atoms with van der Waals surface area (Å²) in [6.07, 6.45) is 0. The van der Waals surface area contributed by atoms with Crippen molar-refractivity contribution in [1.29, 1.82) is 0 Å². The number of fused-ring (bicyclic) bond motifs is 1. The summed E-state index contributed by atoms with van der Waals surface area (Å²) in [4.78, 5) is 23.2. The van der Waals surface area contributed by atoms with Gasteiger partial charge in [-0.25, -0.2) is 0 Å². The van der Waals surface area contributed by atoms with Gasteiger partial charge < -0.3 is 20.1 Å². The summed E-state index contributed by atoms with van der Waals surface area (Å²) >= 11 is 3.36. The van der Waals surface area contributed by atoms with Crippen molar-refractivity contribution < 1.29 is 19.1 Å². The van der Waals surface area contributed by atoms with E-state index >= 15 is 0 Å². The van der Waals surface area contributed by atoms with E-state index in [0.717, 1.165) is 4.47 Å². The number of carbonyl (C=O) groups is 2. The van der Waals surface area contributed by atoms with Crippen LogP contribution in [-0.2, 0) is 9.59 Å². The van der Waals surface area contributed by atoms with Gasteiger partial charge in [-0.2, -0.15) is 0 Å². The van der Waals surface area contributed by atoms with E-state index in [4.69, 9.17) is 9.47 Å². The Balaban J connectivity index is 1.60. The third-order valence-corrected chi connectivity index (χ3v) is 3.79. The van der Waals surface area contributed by atoms with Crippen molar-refractivity contribution in [3.63, 3.8) is 0 Å². The Hall–Kier alpha value is -2.54. The SMILES string of the molecule is O=C(COc1ccc2c(c1)NC(=O)CO2)Nc1ccccc1Br. The summed E-state index contributed by atoms with van der Waals surface area (Å²) in [5.74, 6) is 0.544. The molecule has 3 rings (SSSR count). The third-order valence-electron chi connectivity index (χ3n) is 3.10. The molecule has 2 aromatic rings. The van der Waals surface area contributed by atoms with Crippen LogP contribution in [0.25, 0.3) is 0 Å². The molecule has 0 fully saturated rings. The van der Waals surface area contributed by atoms with Gasteiger partial charge in [-0.3, -0.25) is 9.59 Å². The highest BCUT2D eigenvalue weighted by atomic mass is 79.9. The number of hydrogen-bond donors (Lipinski definition) is 2. The van der Waals surface area contributed by atoms with Crippen molar-refractivity contribution in [2.75, 3.05) is 23.8 Å². The normalized spacial score (nSPS) is 12.7. The van der Waals surface area contributed by atoms with Crippen LogP contribution >= 0.6 is 15.9 Å². The zero-order valence-corrected chi connectivity index (χ0v) is 13.6. The smallest absolute Gasteiger partial charge is 0.262 e. The fourth-order valence-electron chi connectivity index (χ4n) is 2.05. The topological polar surface area (TPSA) is 76.7 Å². The monoisotopic (exact) mass is 376 g/mol. The summed E-state index contributed by atoms with van der Waals surface area (Å²) in [7, 11) is 0. The van der Waals surface area contributed by atoms with Crippen LogP contribution < -0.4 is 20.1 Å². The molecule has 1 aliphatic rings. The van der Waals surface area contributed by atoms with E-state index in [1.54, 1.807) is 24.3 Å². The van der Waals surface area contributed by atoms with E-state index < -0.39 is 0 Å². The van der Waals surface area contributed by atoms with Crippen LogP contribution in [0.4, 0.5) is 11.4 Å². The van der Waals surface area contributed by atoms with Crippen LogP contribution in [0, 0.1) is 0 Å². The van der Waals surface area contributed by atoms with E-state index in [-0.39, 0.29) is 25.0 Å². The molecule has 0 saturated heterocycles. The lowest BCUT2D eigenvalue weighted by molar-refractivity contribution is -0.119. The first-order chi connectivity index (χ1) is 11.1. The molecule has 2 N–H and O–H groups in total. The van der Waals surface area contributed by atoms with Crippen molar-refractivity contribution in [3.8, 4) is 11.5 Å². The molecule has 118 valence electrons. The van der Waals surface area contributed by atoms with E-state index in [0.29, 0.717) is 22.9 Å². The summed E-state index contributed by atoms with van der Waals surface area (Å²) in [5.41, 5.74) is 1.21. The van der Waals surface area contributed by atoms with Gasteiger partial charge in [0.1, 0.15) is 11.5 Å². The highest BCUT2D eigenvalue weighted by Gasteiger charge is 2.16. The number of ether oxygens (including phenoxy) is 2. The highest BCUT2D eigenvalue weighted by Crippen LogP contribution is 2.31. The summed E-state index contributed by atoms with van der Waals surface area (Å²) in [6.45, 7) is -0.142. The molecular formula is C16H13BrN2O4. The summed E-state index contributed by atoms with van der Waals surface area (Å²) < 4.78 is 11.5. The highest BCUT2D eigenvalue weighted by molar-refractivity contribution is 9.10. The van der Waals surface area contributed by atoms with Crippen LogP contribution in [0.2, 0.25) is 0 Å². The maximum atomic E-state index is 11.9. The maximum Gasteiger partial charge on any atom is 0.262 e. The summed E-state index contributed by atoms with van der Waals surface area (Å²) in [6, 6.07) is 12.3. The van der Waals surface area contributed by atoms with Crippen LogP contribution in [0.15, 0.2) is 46.9 Å². The molecule has 0 aromatic heterocycles. The zero-order valence-electron chi connectivity index (χ0n) is 12.0. The second kappa shape index (κ2) is 6.70. The Morgan fingerprint density at radius 3 is 2.96 bits per heavy atom. The van der Waals surface area contributed by atoms with E-state index in [1.807, 2.05) is 18.2 Å². The van der Waals surface area contributed by atoms with Crippen LogP contribution in [0.1, 0.15) is 0 Å². The largest absolute Gasteiger partial charge is 0.484 e. The van der Waals surface area contributed by atoms with Gasteiger partial charge in [0.25, 0.3) is 11.8 Å². The Kier molecular flexibility index (Phi) is 4.47. The lowest BCUT2D eigenvalue weighted by Crippen LogP contribution is -2.25. The third kappa shape index (κ3) is 3.81. The molecule has 0 aliphatic carbocycles. The number of amides is 2. The number of benzene rings is 2. The van der Waals surface area contributed by atoms with E-state index in [9.17, 15) is 9.59 Å². The maximum absolute atomic E-state index is 11.9. The van der Waals surface area contributed by atoms with Gasteiger partial charge in [-0.05, 0) is 40.2 Å². The number of rotatable bonds is 4. The van der Waals surface area contributed by atoms with Gasteiger partial charge in [0.05, 0.1) is 11.4 Å². The Labute approximate surface area is 140 Å². The second-order valence-electron chi connectivity index (χ2n) is 4.81. The molecule has 0 saturated carbocycles. The van der Waals surface area contributed by atoms with Gasteiger partial charge in [-0.15, -0.1) is 0 Å². The molecule has 1 aliphatic heterocycles. The van der Waals surface area contributed by atoms with Crippen LogP contribution in [-0.4, -0.2) is 25.0 Å². The first-order valence-electron chi connectivity index (χ1n) is 6.86. The fourth-order valence-corrected chi connectivity index (χ4v) is 2.43. The van der Waals surface area contributed by atoms with Crippen molar-refractivity contribution >= 4 is 39.1 Å². The van der Waals surface area contributed by atoms with Gasteiger partial charge in [0.15, 0.2) is 13.2 Å². The number of nitrogens with one attached hydrogen (secondary N) is 2. The van der Waals surface area contributed by atoms with Crippen molar-refractivity contribution in [2.45, 2.75) is 0 Å². The molecule has 7 heteroatoms. The number of halogens is 1. The van der Waals surface area contributed by atoms with Crippen molar-refractivity contribution in [3.05, 3.63) is 46.9 Å². The molecule has 1 heterocycles. The molecule has 0 unspecified atom stereocenters. The lowest BCUT2D eigenvalue weighted by atomic mass is 10.2. The average Bonchev–Trinajstić information content (AvgIpc) is 2.54. The molecule has 0 radical (unpaired) electrons. The molecule has 6 nitrogen and oxygen atoms in total. The van der Waals surface area contributed by atoms with Gasteiger partial charge in [-0.1, -0.05) is 12.1 Å². The summed E-state index contributed by atoms with van der Waals surface area (Å²) in [5, 5.41) is 5.43. The molecule has 2 aromatic carbocycles. The molecule has 0 bridgehead atoms. The zero-order chi connectivity index (χ0) is 16.2. The number of carbonyl (C=O) groups excluding carboxylic acids is 2. The quantitative estimate of drug-likeness (QED) is 0.859. The van der Waals surface area contributed by atoms with Crippen molar-refractivity contribution in [2.24, 2.45) is 0 Å². The minimum atomic E-state index is -0.282. The van der Waals surface area contributed by atoms with Crippen LogP contribution in [0.3, 0.4) is 0 Å². The molecule has 2 amide bonds. The first-order valence-corrected chi connectivity index (χ1v) is 7.65. The molecule has 23 heavy (non-hydrogen) atoms. The molecular weight excluding hydrogens is 364 g/mol. The van der Waals surface area contributed by atoms with Crippen molar-refractivity contribution in [1.82, 2.24) is 0 Å². The fraction of sp³-hybridized carbons (Fsp3) is 0.125. The molecule has 0 spiro atoms. The van der Waals surface area contributed by atoms with Crippen LogP contribution in [0.5, 0.6) is 11.5 Å². The minimum absolute atomic E-state index is 0.00155. The second-order valence-corrected chi connectivity index (χ2v) is 5.67. The predicted molar refractivity (Wildman–Crippen MR) is 88.8 cm³/mol. The minimum Gasteiger partial charge on any atom is -0.484 e. The number of anilines is 2. The Bertz CT molecular complexity index is 763. The Morgan fingerprint density at radius 1 is 1.30 bits per heavy atom. The molecule has 0 atom stereocenters. The predicted octanol–water partition coefficient (Wildman–Crippen LogP) is 2.80. The van der Waals surface area contributed by atoms with E-state index in [2.05, 4.69) is 26.6 Å². The van der Waals surface area contributed by atoms with Gasteiger partial charge in [0.2, 0.25) is 0 Å². The van der Waals surface area contributed by atoms with Gasteiger partial charge in [0, 0.05) is 10.5 Å². The lowest BCUT2D eigenvalue weighted by Gasteiger charge is -2.18. The standard InChI is InChI=1S/C16H13BrN2O4/c17-11-3-1-2-4-12(11)18-15(20)8-22-10-5-6-14-13(7-10)19-16(21)9-23-14/h1-7H,8-9H2,(H,18,20)(H,19,21). The van der Waals surface area contributed by atoms with E-state index in [1.165, 1.54) is 0 Å².